The highest BCUT2D eigenvalue weighted by molar-refractivity contribution is 9.10. The van der Waals surface area contributed by atoms with Crippen molar-refractivity contribution in [1.82, 2.24) is 4.90 Å². The topological polar surface area (TPSA) is 40.5 Å². The molecule has 1 aromatic carbocycles. The number of nitrogens with zero attached hydrogens (tertiary/aromatic N) is 1. The van der Waals surface area contributed by atoms with Crippen LogP contribution in [0.2, 0.25) is 0 Å². The summed E-state index contributed by atoms with van der Waals surface area (Å²) in [5.41, 5.74) is 0.971. The van der Waals surface area contributed by atoms with Crippen LogP contribution in [0.15, 0.2) is 28.7 Å². The fraction of sp³-hybridized carbons (Fsp3) is 0.364. The van der Waals surface area contributed by atoms with Crippen LogP contribution < -0.4 is 0 Å². The standard InChI is InChI=1S/C11H14BrNO2/c1-13(5-6-14)11(15)8-9-3-2-4-10(12)7-9/h2-4,7,14H,5-6,8H2,1H3. The normalized spacial score (nSPS) is 10.1. The van der Waals surface area contributed by atoms with Gasteiger partial charge < -0.3 is 10.0 Å². The minimum atomic E-state index is 0.000718. The van der Waals surface area contributed by atoms with Crippen molar-refractivity contribution < 1.29 is 9.90 Å². The van der Waals surface area contributed by atoms with Crippen molar-refractivity contribution in [1.29, 1.82) is 0 Å². The van der Waals surface area contributed by atoms with Gasteiger partial charge in [0.25, 0.3) is 0 Å². The van der Waals surface area contributed by atoms with Crippen LogP contribution in [-0.4, -0.2) is 36.1 Å². The van der Waals surface area contributed by atoms with Gasteiger partial charge in [-0.2, -0.15) is 0 Å². The maximum absolute atomic E-state index is 11.6. The van der Waals surface area contributed by atoms with E-state index in [9.17, 15) is 4.79 Å². The number of carbonyl (C=O) groups excluding carboxylic acids is 1. The van der Waals surface area contributed by atoms with Gasteiger partial charge in [-0.1, -0.05) is 28.1 Å². The molecule has 1 amide bonds. The molecule has 0 spiro atoms. The molecule has 0 fully saturated rings. The Bertz CT molecular complexity index is 341. The SMILES string of the molecule is CN(CCO)C(=O)Cc1cccc(Br)c1. The van der Waals surface area contributed by atoms with Gasteiger partial charge in [0.2, 0.25) is 5.91 Å². The third-order valence-corrected chi connectivity index (χ3v) is 2.60. The second-order valence-electron chi connectivity index (χ2n) is 3.35. The van der Waals surface area contributed by atoms with Crippen LogP contribution in [0.1, 0.15) is 5.56 Å². The molecule has 0 bridgehead atoms. The Hall–Kier alpha value is -0.870. The number of aliphatic hydroxyl groups is 1. The van der Waals surface area contributed by atoms with Gasteiger partial charge in [-0.3, -0.25) is 4.79 Å². The van der Waals surface area contributed by atoms with Crippen LogP contribution >= 0.6 is 15.9 Å². The molecule has 0 unspecified atom stereocenters. The summed E-state index contributed by atoms with van der Waals surface area (Å²) in [6, 6.07) is 7.66. The lowest BCUT2D eigenvalue weighted by Crippen LogP contribution is -2.30. The Morgan fingerprint density at radius 1 is 1.53 bits per heavy atom. The van der Waals surface area contributed by atoms with Crippen LogP contribution in [0.4, 0.5) is 0 Å². The second-order valence-corrected chi connectivity index (χ2v) is 4.26. The zero-order valence-electron chi connectivity index (χ0n) is 8.61. The third-order valence-electron chi connectivity index (χ3n) is 2.11. The van der Waals surface area contributed by atoms with Crippen LogP contribution in [0.25, 0.3) is 0 Å². The molecule has 0 saturated heterocycles. The Morgan fingerprint density at radius 3 is 2.87 bits per heavy atom. The molecule has 4 heteroatoms. The van der Waals surface area contributed by atoms with Crippen molar-refractivity contribution in [3.05, 3.63) is 34.3 Å². The second kappa shape index (κ2) is 5.88. The minimum Gasteiger partial charge on any atom is -0.395 e. The lowest BCUT2D eigenvalue weighted by molar-refractivity contribution is -0.129. The van der Waals surface area contributed by atoms with Gasteiger partial charge >= 0.3 is 0 Å². The first-order chi connectivity index (χ1) is 7.13. The molecular formula is C11H14BrNO2. The zero-order chi connectivity index (χ0) is 11.3. The Morgan fingerprint density at radius 2 is 2.27 bits per heavy atom. The van der Waals surface area contributed by atoms with E-state index in [-0.39, 0.29) is 12.5 Å². The van der Waals surface area contributed by atoms with Crippen molar-refractivity contribution in [2.24, 2.45) is 0 Å². The molecule has 0 saturated carbocycles. The third kappa shape index (κ3) is 4.01. The molecule has 0 aliphatic carbocycles. The van der Waals surface area contributed by atoms with Crippen molar-refractivity contribution >= 4 is 21.8 Å². The average Bonchev–Trinajstić information content (AvgIpc) is 2.18. The van der Waals surface area contributed by atoms with Crippen LogP contribution in [0.3, 0.4) is 0 Å². The molecule has 0 aromatic heterocycles. The fourth-order valence-electron chi connectivity index (χ4n) is 1.23. The highest BCUT2D eigenvalue weighted by Crippen LogP contribution is 2.12. The van der Waals surface area contributed by atoms with Gasteiger partial charge in [0, 0.05) is 18.1 Å². The molecule has 82 valence electrons. The van der Waals surface area contributed by atoms with E-state index in [0.29, 0.717) is 13.0 Å². The van der Waals surface area contributed by atoms with E-state index >= 15 is 0 Å². The lowest BCUT2D eigenvalue weighted by atomic mass is 10.1. The van der Waals surface area contributed by atoms with Gasteiger partial charge in [-0.25, -0.2) is 0 Å². The number of aliphatic hydroxyl groups excluding tert-OH is 1. The quantitative estimate of drug-likeness (QED) is 0.901. The minimum absolute atomic E-state index is 0.000718. The average molecular weight is 272 g/mol. The van der Waals surface area contributed by atoms with Gasteiger partial charge in [0.15, 0.2) is 0 Å². The molecule has 15 heavy (non-hydrogen) atoms. The molecule has 1 aromatic rings. The lowest BCUT2D eigenvalue weighted by Gasteiger charge is -2.15. The van der Waals surface area contributed by atoms with E-state index in [1.807, 2.05) is 24.3 Å². The smallest absolute Gasteiger partial charge is 0.226 e. The molecule has 0 atom stereocenters. The predicted molar refractivity (Wildman–Crippen MR) is 62.6 cm³/mol. The monoisotopic (exact) mass is 271 g/mol. The maximum atomic E-state index is 11.6. The van der Waals surface area contributed by atoms with E-state index in [1.54, 1.807) is 7.05 Å². The van der Waals surface area contributed by atoms with Crippen LogP contribution in [0.5, 0.6) is 0 Å². The zero-order valence-corrected chi connectivity index (χ0v) is 10.2. The maximum Gasteiger partial charge on any atom is 0.226 e. The van der Waals surface area contributed by atoms with Gasteiger partial charge in [0.05, 0.1) is 13.0 Å². The van der Waals surface area contributed by atoms with Crippen LogP contribution in [-0.2, 0) is 11.2 Å². The number of halogens is 1. The summed E-state index contributed by atoms with van der Waals surface area (Å²) in [7, 11) is 1.69. The summed E-state index contributed by atoms with van der Waals surface area (Å²) < 4.78 is 0.970. The van der Waals surface area contributed by atoms with E-state index < -0.39 is 0 Å². The highest BCUT2D eigenvalue weighted by atomic mass is 79.9. The molecule has 0 aliphatic heterocycles. The van der Waals surface area contributed by atoms with Gasteiger partial charge in [-0.15, -0.1) is 0 Å². The number of hydrogen-bond acceptors (Lipinski definition) is 2. The summed E-state index contributed by atoms with van der Waals surface area (Å²) in [6.07, 6.45) is 0.371. The van der Waals surface area contributed by atoms with Crippen molar-refractivity contribution in [3.63, 3.8) is 0 Å². The molecular weight excluding hydrogens is 258 g/mol. The van der Waals surface area contributed by atoms with E-state index in [1.165, 1.54) is 4.90 Å². The first kappa shape index (κ1) is 12.2. The summed E-state index contributed by atoms with van der Waals surface area (Å²) in [5, 5.41) is 8.69. The first-order valence-electron chi connectivity index (χ1n) is 4.72. The number of rotatable bonds is 4. The molecule has 0 radical (unpaired) electrons. The number of hydrogen-bond donors (Lipinski definition) is 1. The number of likely N-dealkylation sites (N-methyl/N-ethyl adjacent to an activating group) is 1. The number of amides is 1. The molecule has 1 rings (SSSR count). The molecule has 3 nitrogen and oxygen atoms in total. The molecule has 0 heterocycles. The first-order valence-corrected chi connectivity index (χ1v) is 5.52. The Kier molecular flexibility index (Phi) is 4.78. The number of benzene rings is 1. The van der Waals surface area contributed by atoms with E-state index in [0.717, 1.165) is 10.0 Å². The highest BCUT2D eigenvalue weighted by Gasteiger charge is 2.08. The van der Waals surface area contributed by atoms with E-state index in [2.05, 4.69) is 15.9 Å². The van der Waals surface area contributed by atoms with Crippen molar-refractivity contribution in [2.45, 2.75) is 6.42 Å². The Labute approximate surface area is 97.8 Å². The summed E-state index contributed by atoms with van der Waals surface area (Å²) >= 11 is 3.35. The summed E-state index contributed by atoms with van der Waals surface area (Å²) in [5.74, 6) is 0.0159. The Balaban J connectivity index is 2.58. The largest absolute Gasteiger partial charge is 0.395 e. The number of carbonyl (C=O) groups is 1. The summed E-state index contributed by atoms with van der Waals surface area (Å²) in [6.45, 7) is 0.383. The fourth-order valence-corrected chi connectivity index (χ4v) is 1.68. The molecule has 0 aliphatic rings. The van der Waals surface area contributed by atoms with Crippen molar-refractivity contribution in [3.8, 4) is 0 Å². The van der Waals surface area contributed by atoms with Gasteiger partial charge in [0.1, 0.15) is 0 Å². The van der Waals surface area contributed by atoms with Gasteiger partial charge in [-0.05, 0) is 17.7 Å². The predicted octanol–water partition coefficient (Wildman–Crippen LogP) is 1.44. The van der Waals surface area contributed by atoms with Crippen LogP contribution in [0, 0.1) is 0 Å². The summed E-state index contributed by atoms with van der Waals surface area (Å²) in [4.78, 5) is 13.1. The molecule has 1 N–H and O–H groups in total. The van der Waals surface area contributed by atoms with Crippen molar-refractivity contribution in [2.75, 3.05) is 20.2 Å². The van der Waals surface area contributed by atoms with E-state index in [4.69, 9.17) is 5.11 Å².